The Labute approximate surface area is 132 Å². The molecule has 22 heavy (non-hydrogen) atoms. The summed E-state index contributed by atoms with van der Waals surface area (Å²) in [5.41, 5.74) is -0.965. The van der Waals surface area contributed by atoms with Gasteiger partial charge < -0.3 is 9.94 Å². The van der Waals surface area contributed by atoms with Crippen LogP contribution in [0.5, 0.6) is 5.75 Å². The molecule has 0 N–H and O–H groups in total. The first kappa shape index (κ1) is 16.6. The van der Waals surface area contributed by atoms with Gasteiger partial charge in [-0.1, -0.05) is 18.4 Å². The number of ether oxygens (including phenoxy) is 1. The van der Waals surface area contributed by atoms with Crippen LogP contribution in [0.1, 0.15) is 53.0 Å². The Kier molecular flexibility index (Phi) is 4.38. The fourth-order valence-corrected chi connectivity index (χ4v) is 2.38. The normalized spacial score (nSPS) is 19.6. The van der Waals surface area contributed by atoms with Crippen molar-refractivity contribution in [3.8, 4) is 5.75 Å². The highest BCUT2D eigenvalue weighted by Gasteiger charge is 2.59. The number of hydrogen-bond acceptors (Lipinski definition) is 3. The molecule has 1 aromatic rings. The summed E-state index contributed by atoms with van der Waals surface area (Å²) in [5.74, 6) is 0.916. The third-order valence-electron chi connectivity index (χ3n) is 4.78. The van der Waals surface area contributed by atoms with Crippen LogP contribution in [0.2, 0.25) is 0 Å². The van der Waals surface area contributed by atoms with Crippen molar-refractivity contribution in [3.05, 3.63) is 35.0 Å². The highest BCUT2D eigenvalue weighted by molar-refractivity contribution is 5.96. The van der Waals surface area contributed by atoms with Crippen molar-refractivity contribution in [2.45, 2.75) is 58.5 Å². The molecule has 0 unspecified atom stereocenters. The van der Waals surface area contributed by atoms with E-state index in [9.17, 15) is 10.4 Å². The van der Waals surface area contributed by atoms with Crippen molar-refractivity contribution in [2.75, 3.05) is 6.61 Å². The van der Waals surface area contributed by atoms with Gasteiger partial charge in [-0.15, -0.1) is 0 Å². The van der Waals surface area contributed by atoms with Crippen molar-refractivity contribution in [2.24, 2.45) is 0 Å². The second-order valence-electron chi connectivity index (χ2n) is 6.76. The topological polar surface area (TPSA) is 58.4 Å². The molecule has 121 valence electrons. The predicted molar refractivity (Wildman–Crippen MR) is 85.3 cm³/mol. The molecule has 2 rings (SSSR count). The van der Waals surface area contributed by atoms with Crippen LogP contribution in [0.3, 0.4) is 0 Å². The van der Waals surface area contributed by atoms with Gasteiger partial charge in [0.15, 0.2) is 5.54 Å². The van der Waals surface area contributed by atoms with Gasteiger partial charge in [0.25, 0.3) is 0 Å². The Balaban J connectivity index is 2.27. The standard InChI is InChI=1S/C17H25N2O3/c1-6-7-12-22-14-10-8-13(9-11-14)15-18(20)16(2,3)17(4,5)19(15)21/h8-11H,6-7,12H2,1-5H3. The number of hydroxylamine groups is 3. The Bertz CT molecular complexity index is 562. The second-order valence-corrected chi connectivity index (χ2v) is 6.76. The fourth-order valence-electron chi connectivity index (χ4n) is 2.38. The molecule has 1 aromatic carbocycles. The summed E-state index contributed by atoms with van der Waals surface area (Å²) < 4.78 is 6.43. The SMILES string of the molecule is CCCCOc1ccc(C2=[N+]([O-])C(C)(C)C(C)(C)N2[O])cc1. The number of amidine groups is 1. The molecule has 0 atom stereocenters. The molecule has 0 aromatic heterocycles. The molecule has 0 amide bonds. The number of nitrogens with zero attached hydrogens (tertiary/aromatic N) is 2. The lowest BCUT2D eigenvalue weighted by Crippen LogP contribution is -2.53. The summed E-state index contributed by atoms with van der Waals surface area (Å²) in [6.07, 6.45) is 2.08. The molecule has 0 bridgehead atoms. The third-order valence-corrected chi connectivity index (χ3v) is 4.78. The molecular weight excluding hydrogens is 280 g/mol. The van der Waals surface area contributed by atoms with Crippen LogP contribution in [0.4, 0.5) is 0 Å². The summed E-state index contributed by atoms with van der Waals surface area (Å²) in [6, 6.07) is 7.14. The van der Waals surface area contributed by atoms with Crippen molar-refractivity contribution in [1.82, 2.24) is 5.06 Å². The van der Waals surface area contributed by atoms with Gasteiger partial charge >= 0.3 is 5.84 Å². The number of hydrogen-bond donors (Lipinski definition) is 0. The Morgan fingerprint density at radius 3 is 2.23 bits per heavy atom. The Morgan fingerprint density at radius 1 is 1.18 bits per heavy atom. The zero-order valence-corrected chi connectivity index (χ0v) is 14.0. The zero-order chi connectivity index (χ0) is 16.5. The first-order valence-corrected chi connectivity index (χ1v) is 7.78. The van der Waals surface area contributed by atoms with Gasteiger partial charge in [0.2, 0.25) is 0 Å². The molecule has 5 heteroatoms. The largest absolute Gasteiger partial charge is 0.714 e. The van der Waals surface area contributed by atoms with Gasteiger partial charge in [-0.25, -0.2) is 0 Å². The van der Waals surface area contributed by atoms with Gasteiger partial charge in [-0.3, -0.25) is 4.74 Å². The highest BCUT2D eigenvalue weighted by Crippen LogP contribution is 2.37. The van der Waals surface area contributed by atoms with Crippen LogP contribution in [0.25, 0.3) is 0 Å². The van der Waals surface area contributed by atoms with Crippen molar-refractivity contribution in [3.63, 3.8) is 0 Å². The van der Waals surface area contributed by atoms with Crippen LogP contribution in [0.15, 0.2) is 24.3 Å². The fraction of sp³-hybridized carbons (Fsp3) is 0.588. The van der Waals surface area contributed by atoms with Crippen LogP contribution in [-0.4, -0.2) is 33.3 Å². The average Bonchev–Trinajstić information content (AvgIpc) is 2.59. The lowest BCUT2D eigenvalue weighted by atomic mass is 9.84. The number of unbranched alkanes of at least 4 members (excludes halogenated alkanes) is 1. The molecule has 1 heterocycles. The van der Waals surface area contributed by atoms with E-state index in [2.05, 4.69) is 6.92 Å². The van der Waals surface area contributed by atoms with Gasteiger partial charge in [0, 0.05) is 5.21 Å². The molecule has 1 radical (unpaired) electrons. The van der Waals surface area contributed by atoms with Crippen molar-refractivity contribution in [1.29, 1.82) is 0 Å². The molecule has 1 aliphatic rings. The van der Waals surface area contributed by atoms with Crippen LogP contribution in [0, 0.1) is 5.21 Å². The molecule has 0 saturated heterocycles. The van der Waals surface area contributed by atoms with Gasteiger partial charge in [0.1, 0.15) is 11.3 Å². The Hall–Kier alpha value is -1.75. The molecular formula is C17H25N2O3. The molecule has 0 aliphatic carbocycles. The predicted octanol–water partition coefficient (Wildman–Crippen LogP) is 3.34. The number of rotatable bonds is 5. The van der Waals surface area contributed by atoms with Gasteiger partial charge in [-0.2, -0.15) is 0 Å². The van der Waals surface area contributed by atoms with E-state index in [4.69, 9.17) is 4.74 Å². The minimum Gasteiger partial charge on any atom is -0.714 e. The summed E-state index contributed by atoms with van der Waals surface area (Å²) in [7, 11) is 0. The summed E-state index contributed by atoms with van der Waals surface area (Å²) >= 11 is 0. The highest BCUT2D eigenvalue weighted by atomic mass is 16.5. The lowest BCUT2D eigenvalue weighted by Gasteiger charge is -2.32. The first-order valence-electron chi connectivity index (χ1n) is 7.78. The van der Waals surface area contributed by atoms with Gasteiger partial charge in [-0.05, 0) is 58.4 Å². The molecule has 0 saturated carbocycles. The van der Waals surface area contributed by atoms with Gasteiger partial charge in [0.05, 0.1) is 12.2 Å². The van der Waals surface area contributed by atoms with Crippen LogP contribution in [-0.2, 0) is 5.21 Å². The molecule has 0 spiro atoms. The van der Waals surface area contributed by atoms with E-state index in [-0.39, 0.29) is 5.84 Å². The van der Waals surface area contributed by atoms with E-state index >= 15 is 0 Å². The quantitative estimate of drug-likeness (QED) is 0.476. The van der Waals surface area contributed by atoms with E-state index in [1.54, 1.807) is 52.0 Å². The zero-order valence-electron chi connectivity index (χ0n) is 14.0. The monoisotopic (exact) mass is 305 g/mol. The van der Waals surface area contributed by atoms with Crippen LogP contribution >= 0.6 is 0 Å². The summed E-state index contributed by atoms with van der Waals surface area (Å²) in [4.78, 5) is 0. The van der Waals surface area contributed by atoms with E-state index in [0.29, 0.717) is 12.2 Å². The summed E-state index contributed by atoms with van der Waals surface area (Å²) in [5, 5.41) is 25.9. The van der Waals surface area contributed by atoms with Crippen molar-refractivity contribution < 1.29 is 14.7 Å². The minimum absolute atomic E-state index is 0.162. The Morgan fingerprint density at radius 2 is 1.77 bits per heavy atom. The maximum Gasteiger partial charge on any atom is 0.316 e. The summed E-state index contributed by atoms with van der Waals surface area (Å²) in [6.45, 7) is 9.95. The lowest BCUT2D eigenvalue weighted by molar-refractivity contribution is -0.539. The van der Waals surface area contributed by atoms with Crippen LogP contribution < -0.4 is 4.74 Å². The maximum atomic E-state index is 12.6. The van der Waals surface area contributed by atoms with E-state index in [1.165, 1.54) is 0 Å². The number of benzene rings is 1. The second kappa shape index (κ2) is 5.80. The smallest absolute Gasteiger partial charge is 0.316 e. The average molecular weight is 305 g/mol. The maximum absolute atomic E-state index is 12.6. The molecule has 1 aliphatic heterocycles. The molecule has 0 fully saturated rings. The van der Waals surface area contributed by atoms with E-state index in [1.807, 2.05) is 0 Å². The van der Waals surface area contributed by atoms with E-state index < -0.39 is 11.1 Å². The van der Waals surface area contributed by atoms with E-state index in [0.717, 1.165) is 28.4 Å². The minimum atomic E-state index is -0.791. The van der Waals surface area contributed by atoms with Crippen molar-refractivity contribution >= 4 is 5.84 Å². The third kappa shape index (κ3) is 2.54. The first-order chi connectivity index (χ1) is 10.2. The molecule has 5 nitrogen and oxygen atoms in total.